The lowest BCUT2D eigenvalue weighted by atomic mass is 10.2. The molecule has 1 aromatic heterocycles. The normalized spacial score (nSPS) is 15.4. The second-order valence-electron chi connectivity index (χ2n) is 5.42. The van der Waals surface area contributed by atoms with E-state index in [1.165, 1.54) is 12.8 Å². The van der Waals surface area contributed by atoms with Crippen LogP contribution < -0.4 is 5.32 Å². The second-order valence-corrected chi connectivity index (χ2v) is 5.42. The molecule has 1 saturated carbocycles. The Labute approximate surface area is 115 Å². The third kappa shape index (κ3) is 5.35. The maximum atomic E-state index is 5.71. The molecular weight excluding hydrogens is 242 g/mol. The van der Waals surface area contributed by atoms with Crippen LogP contribution in [0.3, 0.4) is 0 Å². The lowest BCUT2D eigenvalue weighted by molar-refractivity contribution is 0.0140. The van der Waals surface area contributed by atoms with Crippen LogP contribution in [0.25, 0.3) is 0 Å². The molecule has 4 nitrogen and oxygen atoms in total. The topological polar surface area (TPSA) is 43.6 Å². The van der Waals surface area contributed by atoms with Gasteiger partial charge in [0.15, 0.2) is 0 Å². The molecule has 0 aliphatic heterocycles. The number of nitrogens with one attached hydrogen (secondary N) is 1. The molecule has 1 N–H and O–H groups in total. The zero-order valence-corrected chi connectivity index (χ0v) is 12.2. The minimum Gasteiger partial charge on any atom is -0.465 e. The van der Waals surface area contributed by atoms with E-state index in [0.717, 1.165) is 23.6 Å². The summed E-state index contributed by atoms with van der Waals surface area (Å²) in [5.41, 5.74) is 1.14. The molecule has 19 heavy (non-hydrogen) atoms. The lowest BCUT2D eigenvalue weighted by Crippen LogP contribution is -2.14. The fraction of sp³-hybridized carbons (Fsp3) is 0.733. The van der Waals surface area contributed by atoms with Gasteiger partial charge in [-0.3, -0.25) is 0 Å². The first-order chi connectivity index (χ1) is 9.15. The van der Waals surface area contributed by atoms with E-state index in [0.29, 0.717) is 25.9 Å². The van der Waals surface area contributed by atoms with E-state index >= 15 is 0 Å². The Morgan fingerprint density at radius 1 is 1.37 bits per heavy atom. The molecule has 0 spiro atoms. The summed E-state index contributed by atoms with van der Waals surface area (Å²) in [7, 11) is 0. The van der Waals surface area contributed by atoms with Crippen molar-refractivity contribution in [3.05, 3.63) is 23.2 Å². The smallest absolute Gasteiger partial charge is 0.118 e. The van der Waals surface area contributed by atoms with Crippen molar-refractivity contribution in [3.8, 4) is 0 Å². The van der Waals surface area contributed by atoms with Crippen LogP contribution in [0.1, 0.15) is 43.8 Å². The van der Waals surface area contributed by atoms with Crippen molar-refractivity contribution in [2.45, 2.75) is 58.9 Å². The molecule has 0 unspecified atom stereocenters. The quantitative estimate of drug-likeness (QED) is 0.699. The molecule has 1 heterocycles. The molecular formula is C15H25NO3. The molecule has 0 atom stereocenters. The Bertz CT molecular complexity index is 383. The third-order valence-electron chi connectivity index (χ3n) is 3.15. The average molecular weight is 267 g/mol. The van der Waals surface area contributed by atoms with Gasteiger partial charge in [0, 0.05) is 11.6 Å². The molecule has 0 bridgehead atoms. The molecule has 1 fully saturated rings. The zero-order valence-electron chi connectivity index (χ0n) is 12.2. The maximum Gasteiger partial charge on any atom is 0.118 e. The highest BCUT2D eigenvalue weighted by molar-refractivity contribution is 5.20. The molecule has 0 saturated heterocycles. The van der Waals surface area contributed by atoms with Gasteiger partial charge in [-0.15, -0.1) is 0 Å². The van der Waals surface area contributed by atoms with Crippen LogP contribution in [0, 0.1) is 6.92 Å². The summed E-state index contributed by atoms with van der Waals surface area (Å²) < 4.78 is 16.7. The van der Waals surface area contributed by atoms with Gasteiger partial charge in [0.1, 0.15) is 11.5 Å². The Balaban J connectivity index is 1.67. The standard InChI is InChI=1S/C15H25NO3/c1-11(2)18-7-6-17-10-13-8-15(19-12(13)3)9-16-14-4-5-14/h8,11,14,16H,4-7,9-10H2,1-3H3. The van der Waals surface area contributed by atoms with Crippen molar-refractivity contribution in [1.29, 1.82) is 0 Å². The summed E-state index contributed by atoms with van der Waals surface area (Å²) in [5.74, 6) is 1.96. The number of ether oxygens (including phenoxy) is 2. The molecule has 0 aromatic carbocycles. The minimum absolute atomic E-state index is 0.263. The first kappa shape index (κ1) is 14.6. The van der Waals surface area contributed by atoms with Crippen LogP contribution in [-0.2, 0) is 22.6 Å². The average Bonchev–Trinajstić information content (AvgIpc) is 3.11. The monoisotopic (exact) mass is 267 g/mol. The first-order valence-corrected chi connectivity index (χ1v) is 7.16. The highest BCUT2D eigenvalue weighted by atomic mass is 16.5. The van der Waals surface area contributed by atoms with Gasteiger partial charge in [0.25, 0.3) is 0 Å². The van der Waals surface area contributed by atoms with Crippen LogP contribution in [0.2, 0.25) is 0 Å². The molecule has 1 aliphatic rings. The van der Waals surface area contributed by atoms with Crippen LogP contribution in [-0.4, -0.2) is 25.4 Å². The van der Waals surface area contributed by atoms with Gasteiger partial charge in [0.05, 0.1) is 32.5 Å². The van der Waals surface area contributed by atoms with Crippen LogP contribution in [0.5, 0.6) is 0 Å². The van der Waals surface area contributed by atoms with Gasteiger partial charge in [0.2, 0.25) is 0 Å². The van der Waals surface area contributed by atoms with E-state index in [1.54, 1.807) is 0 Å². The van der Waals surface area contributed by atoms with E-state index in [1.807, 2.05) is 20.8 Å². The fourth-order valence-electron chi connectivity index (χ4n) is 1.88. The largest absolute Gasteiger partial charge is 0.465 e. The molecule has 1 aliphatic carbocycles. The van der Waals surface area contributed by atoms with Crippen molar-refractivity contribution in [3.63, 3.8) is 0 Å². The second kappa shape index (κ2) is 7.08. The summed E-state index contributed by atoms with van der Waals surface area (Å²) in [4.78, 5) is 0. The van der Waals surface area contributed by atoms with Crippen LogP contribution >= 0.6 is 0 Å². The van der Waals surface area contributed by atoms with Crippen molar-refractivity contribution >= 4 is 0 Å². The lowest BCUT2D eigenvalue weighted by Gasteiger charge is -2.07. The minimum atomic E-state index is 0.263. The van der Waals surface area contributed by atoms with E-state index < -0.39 is 0 Å². The summed E-state index contributed by atoms with van der Waals surface area (Å²) in [6.07, 6.45) is 2.86. The highest BCUT2D eigenvalue weighted by Gasteiger charge is 2.20. The van der Waals surface area contributed by atoms with Gasteiger partial charge in [-0.1, -0.05) is 0 Å². The number of rotatable bonds is 9. The van der Waals surface area contributed by atoms with E-state index in [-0.39, 0.29) is 6.10 Å². The molecule has 0 amide bonds. The Morgan fingerprint density at radius 3 is 2.84 bits per heavy atom. The number of hydrogen-bond acceptors (Lipinski definition) is 4. The molecule has 4 heteroatoms. The summed E-state index contributed by atoms with van der Waals surface area (Å²) in [5, 5.41) is 3.45. The first-order valence-electron chi connectivity index (χ1n) is 7.16. The molecule has 0 radical (unpaired) electrons. The Morgan fingerprint density at radius 2 is 2.16 bits per heavy atom. The summed E-state index contributed by atoms with van der Waals surface area (Å²) in [6, 6.07) is 2.80. The van der Waals surface area contributed by atoms with Crippen molar-refractivity contribution in [2.75, 3.05) is 13.2 Å². The predicted octanol–water partition coefficient (Wildman–Crippen LogP) is 2.78. The van der Waals surface area contributed by atoms with Gasteiger partial charge in [-0.05, 0) is 39.7 Å². The van der Waals surface area contributed by atoms with E-state index in [9.17, 15) is 0 Å². The Kier molecular flexibility index (Phi) is 5.43. The van der Waals surface area contributed by atoms with Gasteiger partial charge in [-0.25, -0.2) is 0 Å². The number of furan rings is 1. The fourth-order valence-corrected chi connectivity index (χ4v) is 1.88. The van der Waals surface area contributed by atoms with Crippen molar-refractivity contribution < 1.29 is 13.9 Å². The number of aryl methyl sites for hydroxylation is 1. The van der Waals surface area contributed by atoms with Crippen LogP contribution in [0.15, 0.2) is 10.5 Å². The van der Waals surface area contributed by atoms with Crippen LogP contribution in [0.4, 0.5) is 0 Å². The van der Waals surface area contributed by atoms with Crippen molar-refractivity contribution in [2.24, 2.45) is 0 Å². The molecule has 108 valence electrons. The number of hydrogen-bond donors (Lipinski definition) is 1. The van der Waals surface area contributed by atoms with Gasteiger partial charge < -0.3 is 19.2 Å². The van der Waals surface area contributed by atoms with Crippen molar-refractivity contribution in [1.82, 2.24) is 5.32 Å². The maximum absolute atomic E-state index is 5.71. The highest BCUT2D eigenvalue weighted by Crippen LogP contribution is 2.21. The van der Waals surface area contributed by atoms with E-state index in [2.05, 4.69) is 11.4 Å². The third-order valence-corrected chi connectivity index (χ3v) is 3.15. The predicted molar refractivity (Wildman–Crippen MR) is 74.1 cm³/mol. The Hall–Kier alpha value is -0.840. The molecule has 2 rings (SSSR count). The molecule has 1 aromatic rings. The van der Waals surface area contributed by atoms with E-state index in [4.69, 9.17) is 13.9 Å². The summed E-state index contributed by atoms with van der Waals surface area (Å²) in [6.45, 7) is 8.73. The summed E-state index contributed by atoms with van der Waals surface area (Å²) >= 11 is 0. The van der Waals surface area contributed by atoms with Gasteiger partial charge in [-0.2, -0.15) is 0 Å². The zero-order chi connectivity index (χ0) is 13.7. The SMILES string of the molecule is Cc1oc(CNC2CC2)cc1COCCOC(C)C. The van der Waals surface area contributed by atoms with Gasteiger partial charge >= 0.3 is 0 Å².